The molecule has 3 aromatic carbocycles. The summed E-state index contributed by atoms with van der Waals surface area (Å²) < 4.78 is 5.41. The molecule has 1 N–H and O–H groups in total. The largest absolute Gasteiger partial charge is 0.497 e. The first-order valence-electron chi connectivity index (χ1n) is 12.8. The Labute approximate surface area is 214 Å². The Bertz CT molecular complexity index is 1140. The third kappa shape index (κ3) is 6.97. The molecule has 188 valence electrons. The van der Waals surface area contributed by atoms with E-state index in [0.717, 1.165) is 53.7 Å². The van der Waals surface area contributed by atoms with Gasteiger partial charge in [0.1, 0.15) is 11.8 Å². The quantitative estimate of drug-likeness (QED) is 0.428. The molecule has 4 rings (SSSR count). The van der Waals surface area contributed by atoms with E-state index >= 15 is 0 Å². The van der Waals surface area contributed by atoms with Gasteiger partial charge in [0, 0.05) is 19.0 Å². The Morgan fingerprint density at radius 2 is 1.61 bits per heavy atom. The van der Waals surface area contributed by atoms with Gasteiger partial charge in [-0.15, -0.1) is 0 Å². The molecule has 3 aromatic rings. The number of rotatable bonds is 10. The molecule has 0 unspecified atom stereocenters. The molecule has 1 aliphatic rings. The molecule has 5 nitrogen and oxygen atoms in total. The predicted octanol–water partition coefficient (Wildman–Crippen LogP) is 5.25. The van der Waals surface area contributed by atoms with Gasteiger partial charge in [-0.05, 0) is 48.6 Å². The highest BCUT2D eigenvalue weighted by Crippen LogP contribution is 2.22. The van der Waals surface area contributed by atoms with Crippen molar-refractivity contribution in [2.45, 2.75) is 64.1 Å². The highest BCUT2D eigenvalue weighted by atomic mass is 16.5. The average molecular weight is 485 g/mol. The maximum absolute atomic E-state index is 13.8. The monoisotopic (exact) mass is 484 g/mol. The van der Waals surface area contributed by atoms with Crippen molar-refractivity contribution < 1.29 is 14.3 Å². The van der Waals surface area contributed by atoms with Crippen LogP contribution in [0.3, 0.4) is 0 Å². The Kier molecular flexibility index (Phi) is 8.77. The molecule has 1 fully saturated rings. The van der Waals surface area contributed by atoms with Gasteiger partial charge in [-0.2, -0.15) is 0 Å². The number of ether oxygens (including phenoxy) is 1. The number of hydrogen-bond acceptors (Lipinski definition) is 3. The van der Waals surface area contributed by atoms with E-state index in [1.165, 1.54) is 0 Å². The number of carbonyl (C=O) groups excluding carboxylic acids is 2. The van der Waals surface area contributed by atoms with Crippen LogP contribution >= 0.6 is 0 Å². The van der Waals surface area contributed by atoms with Crippen molar-refractivity contribution in [1.29, 1.82) is 0 Å². The van der Waals surface area contributed by atoms with Crippen molar-refractivity contribution >= 4 is 11.8 Å². The van der Waals surface area contributed by atoms with E-state index in [9.17, 15) is 9.59 Å². The molecule has 0 heterocycles. The highest BCUT2D eigenvalue weighted by Gasteiger charge is 2.32. The summed E-state index contributed by atoms with van der Waals surface area (Å²) in [5.41, 5.74) is 4.05. The number of benzene rings is 3. The first-order valence-corrected chi connectivity index (χ1v) is 12.8. The van der Waals surface area contributed by atoms with Crippen LogP contribution in [-0.4, -0.2) is 35.9 Å². The van der Waals surface area contributed by atoms with Crippen LogP contribution in [0.1, 0.15) is 47.9 Å². The summed E-state index contributed by atoms with van der Waals surface area (Å²) in [6, 6.07) is 25.2. The van der Waals surface area contributed by atoms with Crippen molar-refractivity contribution in [2.75, 3.05) is 7.11 Å². The lowest BCUT2D eigenvalue weighted by Crippen LogP contribution is -2.52. The Morgan fingerprint density at radius 1 is 0.917 bits per heavy atom. The van der Waals surface area contributed by atoms with Crippen LogP contribution < -0.4 is 10.1 Å². The van der Waals surface area contributed by atoms with Gasteiger partial charge in [-0.3, -0.25) is 9.59 Å². The molecular formula is C31H36N2O3. The molecule has 0 radical (unpaired) electrons. The SMILES string of the molecule is COc1cccc(CN(C(=O)Cc2ccc(C)cc2)[C@H](Cc2ccccc2)C(=O)NC2CCCC2)c1. The second-order valence-electron chi connectivity index (χ2n) is 9.73. The first kappa shape index (κ1) is 25.5. The predicted molar refractivity (Wildman–Crippen MR) is 143 cm³/mol. The van der Waals surface area contributed by atoms with E-state index in [4.69, 9.17) is 4.74 Å². The number of hydrogen-bond donors (Lipinski definition) is 1. The molecule has 0 bridgehead atoms. The first-order chi connectivity index (χ1) is 17.5. The molecule has 0 saturated heterocycles. The van der Waals surface area contributed by atoms with E-state index in [2.05, 4.69) is 5.32 Å². The van der Waals surface area contributed by atoms with Crippen LogP contribution in [0.4, 0.5) is 0 Å². The van der Waals surface area contributed by atoms with E-state index < -0.39 is 6.04 Å². The van der Waals surface area contributed by atoms with Gasteiger partial charge in [0.2, 0.25) is 11.8 Å². The topological polar surface area (TPSA) is 58.6 Å². The minimum absolute atomic E-state index is 0.0656. The molecular weight excluding hydrogens is 448 g/mol. The lowest BCUT2D eigenvalue weighted by Gasteiger charge is -2.32. The number of amides is 2. The number of carbonyl (C=O) groups is 2. The maximum atomic E-state index is 13.8. The third-order valence-corrected chi connectivity index (χ3v) is 6.94. The van der Waals surface area contributed by atoms with E-state index in [-0.39, 0.29) is 24.3 Å². The zero-order valence-corrected chi connectivity index (χ0v) is 21.3. The van der Waals surface area contributed by atoms with Gasteiger partial charge >= 0.3 is 0 Å². The van der Waals surface area contributed by atoms with Gasteiger partial charge in [-0.25, -0.2) is 0 Å². The minimum atomic E-state index is -0.614. The second-order valence-corrected chi connectivity index (χ2v) is 9.73. The Hall–Kier alpha value is -3.60. The van der Waals surface area contributed by atoms with Crippen LogP contribution in [0.2, 0.25) is 0 Å². The molecule has 36 heavy (non-hydrogen) atoms. The van der Waals surface area contributed by atoms with E-state index in [1.54, 1.807) is 12.0 Å². The van der Waals surface area contributed by atoms with Crippen LogP contribution in [0.15, 0.2) is 78.9 Å². The number of methoxy groups -OCH3 is 1. The van der Waals surface area contributed by atoms with Crippen molar-refractivity contribution in [3.63, 3.8) is 0 Å². The molecule has 0 aromatic heterocycles. The van der Waals surface area contributed by atoms with Gasteiger partial charge in [-0.1, -0.05) is 85.1 Å². The van der Waals surface area contributed by atoms with Gasteiger partial charge < -0.3 is 15.0 Å². The summed E-state index contributed by atoms with van der Waals surface area (Å²) in [6.07, 6.45) is 4.96. The summed E-state index contributed by atoms with van der Waals surface area (Å²) in [7, 11) is 1.63. The Morgan fingerprint density at radius 3 is 2.31 bits per heavy atom. The Balaban J connectivity index is 1.66. The summed E-state index contributed by atoms with van der Waals surface area (Å²) in [5.74, 6) is 0.587. The van der Waals surface area contributed by atoms with E-state index in [0.29, 0.717) is 13.0 Å². The molecule has 0 spiro atoms. The maximum Gasteiger partial charge on any atom is 0.243 e. The summed E-state index contributed by atoms with van der Waals surface area (Å²) >= 11 is 0. The molecule has 1 atom stereocenters. The van der Waals surface area contributed by atoms with Crippen molar-refractivity contribution in [2.24, 2.45) is 0 Å². The zero-order chi connectivity index (χ0) is 25.3. The number of aryl methyl sites for hydroxylation is 1. The zero-order valence-electron chi connectivity index (χ0n) is 21.3. The average Bonchev–Trinajstić information content (AvgIpc) is 3.41. The molecule has 0 aliphatic heterocycles. The van der Waals surface area contributed by atoms with Crippen LogP contribution in [-0.2, 0) is 29.0 Å². The van der Waals surface area contributed by atoms with Crippen LogP contribution in [0.5, 0.6) is 5.75 Å². The highest BCUT2D eigenvalue weighted by molar-refractivity contribution is 5.89. The van der Waals surface area contributed by atoms with Gasteiger partial charge in [0.05, 0.1) is 13.5 Å². The standard InChI is InChI=1S/C31H36N2O3/c1-23-15-17-25(18-16-23)21-30(34)33(22-26-11-8-14-28(19-26)36-2)29(20-24-9-4-3-5-10-24)31(35)32-27-12-6-7-13-27/h3-5,8-11,14-19,27,29H,6-7,12-13,20-22H2,1-2H3,(H,32,35)/t29-/m1/s1. The minimum Gasteiger partial charge on any atom is -0.497 e. The summed E-state index contributed by atoms with van der Waals surface area (Å²) in [5, 5.41) is 3.26. The molecule has 5 heteroatoms. The second kappa shape index (κ2) is 12.4. The smallest absolute Gasteiger partial charge is 0.243 e. The van der Waals surface area contributed by atoms with Crippen molar-refractivity contribution in [3.8, 4) is 5.75 Å². The van der Waals surface area contributed by atoms with Gasteiger partial charge in [0.15, 0.2) is 0 Å². The fourth-order valence-corrected chi connectivity index (χ4v) is 4.87. The lowest BCUT2D eigenvalue weighted by atomic mass is 10.0. The molecule has 2 amide bonds. The molecule has 1 saturated carbocycles. The van der Waals surface area contributed by atoms with Gasteiger partial charge in [0.25, 0.3) is 0 Å². The fourth-order valence-electron chi connectivity index (χ4n) is 4.87. The fraction of sp³-hybridized carbons (Fsp3) is 0.355. The summed E-state index contributed by atoms with van der Waals surface area (Å²) in [4.78, 5) is 29.3. The van der Waals surface area contributed by atoms with E-state index in [1.807, 2.05) is 85.8 Å². The van der Waals surface area contributed by atoms with Crippen molar-refractivity contribution in [1.82, 2.24) is 10.2 Å². The summed E-state index contributed by atoms with van der Waals surface area (Å²) in [6.45, 7) is 2.36. The van der Waals surface area contributed by atoms with Crippen LogP contribution in [0, 0.1) is 6.92 Å². The third-order valence-electron chi connectivity index (χ3n) is 6.94. The normalized spacial score (nSPS) is 14.3. The number of nitrogens with one attached hydrogen (secondary N) is 1. The van der Waals surface area contributed by atoms with Crippen LogP contribution in [0.25, 0.3) is 0 Å². The lowest BCUT2D eigenvalue weighted by molar-refractivity contribution is -0.141. The number of nitrogens with zero attached hydrogens (tertiary/aromatic N) is 1. The van der Waals surface area contributed by atoms with Crippen molar-refractivity contribution in [3.05, 3.63) is 101 Å². The molecule has 1 aliphatic carbocycles.